The fourth-order valence-electron chi connectivity index (χ4n) is 1.87. The monoisotopic (exact) mass is 179 g/mol. The Labute approximate surface area is 79.0 Å². The van der Waals surface area contributed by atoms with E-state index in [0.717, 1.165) is 19.5 Å². The van der Waals surface area contributed by atoms with Gasteiger partial charge in [-0.2, -0.15) is 0 Å². The number of nitrogens with zero attached hydrogens (tertiary/aromatic N) is 1. The molecule has 1 atom stereocenters. The number of hydrogen-bond donors (Lipinski definition) is 2. The third kappa shape index (κ3) is 1.91. The maximum absolute atomic E-state index is 4.42. The maximum Gasteiger partial charge on any atom is 0.110 e. The molecule has 1 aromatic rings. The summed E-state index contributed by atoms with van der Waals surface area (Å²) in [5.41, 5.74) is 1.28. The van der Waals surface area contributed by atoms with Crippen LogP contribution in [0.2, 0.25) is 0 Å². The van der Waals surface area contributed by atoms with Crippen molar-refractivity contribution >= 4 is 0 Å². The molecule has 0 amide bonds. The van der Waals surface area contributed by atoms with Gasteiger partial charge in [0.25, 0.3) is 0 Å². The SMILES string of the molecule is CCCc1cnc(C2CCNC2)[nH]1. The summed E-state index contributed by atoms with van der Waals surface area (Å²) in [5.74, 6) is 1.79. The Morgan fingerprint density at radius 2 is 2.54 bits per heavy atom. The zero-order chi connectivity index (χ0) is 9.10. The summed E-state index contributed by atoms with van der Waals surface area (Å²) < 4.78 is 0. The van der Waals surface area contributed by atoms with Crippen molar-refractivity contribution in [3.8, 4) is 0 Å². The van der Waals surface area contributed by atoms with Crippen LogP contribution in [0.1, 0.15) is 37.2 Å². The van der Waals surface area contributed by atoms with E-state index in [1.807, 2.05) is 6.20 Å². The first-order valence-corrected chi connectivity index (χ1v) is 5.14. The average Bonchev–Trinajstić information content (AvgIpc) is 2.70. The highest BCUT2D eigenvalue weighted by atomic mass is 15.0. The van der Waals surface area contributed by atoms with Crippen LogP contribution < -0.4 is 5.32 Å². The molecule has 72 valence electrons. The first-order chi connectivity index (χ1) is 6.40. The molecule has 1 unspecified atom stereocenters. The summed E-state index contributed by atoms with van der Waals surface area (Å²) in [6.45, 7) is 4.41. The second kappa shape index (κ2) is 3.92. The second-order valence-electron chi connectivity index (χ2n) is 3.73. The van der Waals surface area contributed by atoms with E-state index in [0.29, 0.717) is 5.92 Å². The van der Waals surface area contributed by atoms with E-state index in [-0.39, 0.29) is 0 Å². The Bertz CT molecular complexity index is 261. The summed E-state index contributed by atoms with van der Waals surface area (Å²) in [7, 11) is 0. The Kier molecular flexibility index (Phi) is 2.64. The largest absolute Gasteiger partial charge is 0.346 e. The maximum atomic E-state index is 4.42. The van der Waals surface area contributed by atoms with Crippen molar-refractivity contribution < 1.29 is 0 Å². The average molecular weight is 179 g/mol. The molecule has 0 radical (unpaired) electrons. The molecule has 2 N–H and O–H groups in total. The van der Waals surface area contributed by atoms with Gasteiger partial charge < -0.3 is 10.3 Å². The number of aromatic amines is 1. The lowest BCUT2D eigenvalue weighted by Gasteiger charge is -2.02. The highest BCUT2D eigenvalue weighted by molar-refractivity contribution is 5.07. The molecule has 1 aliphatic rings. The smallest absolute Gasteiger partial charge is 0.110 e. The lowest BCUT2D eigenvalue weighted by Crippen LogP contribution is -2.08. The van der Waals surface area contributed by atoms with Crippen molar-refractivity contribution in [2.24, 2.45) is 0 Å². The molecular formula is C10H17N3. The third-order valence-corrected chi connectivity index (χ3v) is 2.61. The van der Waals surface area contributed by atoms with Gasteiger partial charge in [-0.25, -0.2) is 4.98 Å². The van der Waals surface area contributed by atoms with Gasteiger partial charge in [-0.15, -0.1) is 0 Å². The van der Waals surface area contributed by atoms with Crippen LogP contribution in [0.15, 0.2) is 6.20 Å². The lowest BCUT2D eigenvalue weighted by atomic mass is 10.1. The van der Waals surface area contributed by atoms with Crippen LogP contribution in [-0.4, -0.2) is 23.1 Å². The minimum absolute atomic E-state index is 0.616. The first kappa shape index (κ1) is 8.75. The molecule has 1 aromatic heterocycles. The van der Waals surface area contributed by atoms with Crippen molar-refractivity contribution in [1.82, 2.24) is 15.3 Å². The number of aromatic nitrogens is 2. The first-order valence-electron chi connectivity index (χ1n) is 5.14. The summed E-state index contributed by atoms with van der Waals surface area (Å²) in [6.07, 6.45) is 5.51. The summed E-state index contributed by atoms with van der Waals surface area (Å²) in [5, 5.41) is 3.35. The van der Waals surface area contributed by atoms with Crippen molar-refractivity contribution in [3.05, 3.63) is 17.7 Å². The number of H-pyrrole nitrogens is 1. The third-order valence-electron chi connectivity index (χ3n) is 2.61. The van der Waals surface area contributed by atoms with Crippen molar-refractivity contribution in [2.75, 3.05) is 13.1 Å². The fourth-order valence-corrected chi connectivity index (χ4v) is 1.87. The van der Waals surface area contributed by atoms with E-state index in [2.05, 4.69) is 22.2 Å². The summed E-state index contributed by atoms with van der Waals surface area (Å²) >= 11 is 0. The Morgan fingerprint density at radius 3 is 3.23 bits per heavy atom. The van der Waals surface area contributed by atoms with Gasteiger partial charge in [0.15, 0.2) is 0 Å². The molecule has 1 fully saturated rings. The van der Waals surface area contributed by atoms with Crippen LogP contribution in [-0.2, 0) is 6.42 Å². The van der Waals surface area contributed by atoms with Crippen LogP contribution in [0.3, 0.4) is 0 Å². The summed E-state index contributed by atoms with van der Waals surface area (Å²) in [4.78, 5) is 7.83. The van der Waals surface area contributed by atoms with Crippen molar-refractivity contribution in [2.45, 2.75) is 32.1 Å². The topological polar surface area (TPSA) is 40.7 Å². The zero-order valence-corrected chi connectivity index (χ0v) is 8.14. The van der Waals surface area contributed by atoms with Gasteiger partial charge in [0.1, 0.15) is 5.82 Å². The van der Waals surface area contributed by atoms with Gasteiger partial charge in [0.2, 0.25) is 0 Å². The normalized spacial score (nSPS) is 22.4. The number of nitrogens with one attached hydrogen (secondary N) is 2. The van der Waals surface area contributed by atoms with Crippen molar-refractivity contribution in [1.29, 1.82) is 0 Å². The van der Waals surface area contributed by atoms with E-state index in [4.69, 9.17) is 0 Å². The molecule has 0 aliphatic carbocycles. The summed E-state index contributed by atoms with van der Waals surface area (Å²) in [6, 6.07) is 0. The number of aryl methyl sites for hydroxylation is 1. The van der Waals surface area contributed by atoms with Crippen LogP contribution in [0.25, 0.3) is 0 Å². The molecule has 2 rings (SSSR count). The number of imidazole rings is 1. The Balaban J connectivity index is 2.03. The van der Waals surface area contributed by atoms with E-state index in [1.165, 1.54) is 24.4 Å². The van der Waals surface area contributed by atoms with Crippen LogP contribution in [0.4, 0.5) is 0 Å². The van der Waals surface area contributed by atoms with Crippen LogP contribution in [0, 0.1) is 0 Å². The van der Waals surface area contributed by atoms with Gasteiger partial charge in [0, 0.05) is 24.4 Å². The van der Waals surface area contributed by atoms with Crippen LogP contribution >= 0.6 is 0 Å². The molecule has 3 nitrogen and oxygen atoms in total. The molecule has 0 spiro atoms. The number of hydrogen-bond acceptors (Lipinski definition) is 2. The minimum atomic E-state index is 0.616. The van der Waals surface area contributed by atoms with Gasteiger partial charge in [0.05, 0.1) is 0 Å². The standard InChI is InChI=1S/C10H17N3/c1-2-3-9-7-12-10(13-9)8-4-5-11-6-8/h7-8,11H,2-6H2,1H3,(H,12,13). The Hall–Kier alpha value is -0.830. The van der Waals surface area contributed by atoms with Gasteiger partial charge >= 0.3 is 0 Å². The molecule has 0 aromatic carbocycles. The molecule has 0 saturated carbocycles. The van der Waals surface area contributed by atoms with E-state index < -0.39 is 0 Å². The van der Waals surface area contributed by atoms with Gasteiger partial charge in [-0.05, 0) is 19.4 Å². The van der Waals surface area contributed by atoms with Gasteiger partial charge in [-0.1, -0.05) is 13.3 Å². The number of rotatable bonds is 3. The zero-order valence-electron chi connectivity index (χ0n) is 8.14. The molecule has 0 bridgehead atoms. The van der Waals surface area contributed by atoms with Crippen LogP contribution in [0.5, 0.6) is 0 Å². The highest BCUT2D eigenvalue weighted by Gasteiger charge is 2.18. The molecule has 13 heavy (non-hydrogen) atoms. The molecule has 2 heterocycles. The molecular weight excluding hydrogens is 162 g/mol. The second-order valence-corrected chi connectivity index (χ2v) is 3.73. The fraction of sp³-hybridized carbons (Fsp3) is 0.700. The lowest BCUT2D eigenvalue weighted by molar-refractivity contribution is 0.710. The van der Waals surface area contributed by atoms with Crippen molar-refractivity contribution in [3.63, 3.8) is 0 Å². The molecule has 3 heteroatoms. The van der Waals surface area contributed by atoms with E-state index in [1.54, 1.807) is 0 Å². The molecule has 1 saturated heterocycles. The quantitative estimate of drug-likeness (QED) is 0.737. The minimum Gasteiger partial charge on any atom is -0.346 e. The van der Waals surface area contributed by atoms with E-state index in [9.17, 15) is 0 Å². The Morgan fingerprint density at radius 1 is 1.62 bits per heavy atom. The van der Waals surface area contributed by atoms with E-state index >= 15 is 0 Å². The predicted molar refractivity (Wildman–Crippen MR) is 52.8 cm³/mol. The van der Waals surface area contributed by atoms with Gasteiger partial charge in [-0.3, -0.25) is 0 Å². The highest BCUT2D eigenvalue weighted by Crippen LogP contribution is 2.19. The molecule has 1 aliphatic heterocycles. The predicted octanol–water partition coefficient (Wildman–Crippen LogP) is 1.44.